The molecule has 5 heteroatoms. The summed E-state index contributed by atoms with van der Waals surface area (Å²) in [6, 6.07) is 12.5. The number of amides is 2. The normalized spacial score (nSPS) is 14.7. The summed E-state index contributed by atoms with van der Waals surface area (Å²) in [4.78, 5) is 16.1. The molecular weight excluding hydrogens is 302 g/mol. The Hall–Kier alpha value is -2.84. The van der Waals surface area contributed by atoms with Crippen molar-refractivity contribution in [2.45, 2.75) is 24.9 Å². The van der Waals surface area contributed by atoms with Gasteiger partial charge in [0.1, 0.15) is 5.69 Å². The Morgan fingerprint density at radius 1 is 1.21 bits per heavy atom. The van der Waals surface area contributed by atoms with E-state index in [-0.39, 0.29) is 12.6 Å². The molecular formula is C19H19N3O2. The third-order valence-corrected chi connectivity index (χ3v) is 3.98. The molecule has 0 unspecified atom stereocenters. The first-order chi connectivity index (χ1) is 11.6. The molecule has 24 heavy (non-hydrogen) atoms. The molecule has 2 aromatic rings. The van der Waals surface area contributed by atoms with Crippen LogP contribution in [0.4, 0.5) is 10.5 Å². The Bertz CT molecular complexity index is 774. The van der Waals surface area contributed by atoms with Crippen molar-refractivity contribution in [1.29, 1.82) is 0 Å². The summed E-state index contributed by atoms with van der Waals surface area (Å²) in [7, 11) is 0. The molecule has 1 aliphatic carbocycles. The summed E-state index contributed by atoms with van der Waals surface area (Å²) in [6.07, 6.45) is 4.19. The van der Waals surface area contributed by atoms with E-state index in [1.807, 2.05) is 30.3 Å². The van der Waals surface area contributed by atoms with Gasteiger partial charge < -0.3 is 15.7 Å². The Morgan fingerprint density at radius 3 is 2.79 bits per heavy atom. The smallest absolute Gasteiger partial charge is 0.319 e. The highest BCUT2D eigenvalue weighted by molar-refractivity contribution is 5.89. The topological polar surface area (TPSA) is 74.2 Å². The number of nitrogens with zero attached hydrogens (tertiary/aromatic N) is 1. The Morgan fingerprint density at radius 2 is 2.08 bits per heavy atom. The lowest BCUT2D eigenvalue weighted by Crippen LogP contribution is -2.48. The number of aliphatic hydroxyl groups is 1. The molecule has 0 bridgehead atoms. The summed E-state index contributed by atoms with van der Waals surface area (Å²) in [5.74, 6) is 6.00. The Kier molecular flexibility index (Phi) is 4.78. The zero-order valence-corrected chi connectivity index (χ0v) is 13.2. The van der Waals surface area contributed by atoms with Gasteiger partial charge >= 0.3 is 6.03 Å². The number of carbonyl (C=O) groups excluding carboxylic acids is 1. The molecule has 1 fully saturated rings. The molecule has 5 nitrogen and oxygen atoms in total. The van der Waals surface area contributed by atoms with Gasteiger partial charge in [-0.15, -0.1) is 0 Å². The summed E-state index contributed by atoms with van der Waals surface area (Å²) in [5.41, 5.74) is 1.41. The van der Waals surface area contributed by atoms with Gasteiger partial charge in [0.2, 0.25) is 0 Å². The number of pyridine rings is 1. The number of hydrogen-bond acceptors (Lipinski definition) is 3. The van der Waals surface area contributed by atoms with Crippen molar-refractivity contribution < 1.29 is 9.90 Å². The molecule has 3 N–H and O–H groups in total. The highest BCUT2D eigenvalue weighted by Gasteiger charge is 2.34. The van der Waals surface area contributed by atoms with Gasteiger partial charge in [0.05, 0.1) is 5.60 Å². The predicted molar refractivity (Wildman–Crippen MR) is 92.5 cm³/mol. The highest BCUT2D eigenvalue weighted by Crippen LogP contribution is 2.30. The van der Waals surface area contributed by atoms with Crippen molar-refractivity contribution in [2.75, 3.05) is 11.9 Å². The minimum absolute atomic E-state index is 0.276. The van der Waals surface area contributed by atoms with Gasteiger partial charge in [-0.1, -0.05) is 18.1 Å². The zero-order valence-electron chi connectivity index (χ0n) is 13.2. The standard InChI is InChI=1S/C19H19N3O2/c23-18(21-14-19(24)10-4-11-19)22-17-7-3-5-15(13-17)8-9-16-6-1-2-12-20-16/h1-3,5-7,12-13,24H,4,10-11,14H2,(H2,21,22,23). The molecule has 1 aliphatic rings. The van der Waals surface area contributed by atoms with E-state index in [2.05, 4.69) is 27.5 Å². The van der Waals surface area contributed by atoms with E-state index in [0.29, 0.717) is 11.4 Å². The molecule has 2 amide bonds. The quantitative estimate of drug-likeness (QED) is 0.761. The summed E-state index contributed by atoms with van der Waals surface area (Å²) in [5, 5.41) is 15.4. The number of benzene rings is 1. The zero-order chi connectivity index (χ0) is 16.8. The van der Waals surface area contributed by atoms with Crippen molar-refractivity contribution in [2.24, 2.45) is 0 Å². The first-order valence-corrected chi connectivity index (χ1v) is 7.93. The molecule has 1 saturated carbocycles. The van der Waals surface area contributed by atoms with E-state index in [1.54, 1.807) is 18.3 Å². The van der Waals surface area contributed by atoms with E-state index in [1.165, 1.54) is 0 Å². The average molecular weight is 321 g/mol. The van der Waals surface area contributed by atoms with E-state index in [0.717, 1.165) is 24.8 Å². The van der Waals surface area contributed by atoms with Crippen molar-refractivity contribution >= 4 is 11.7 Å². The van der Waals surface area contributed by atoms with E-state index < -0.39 is 5.60 Å². The number of nitrogens with one attached hydrogen (secondary N) is 2. The lowest BCUT2D eigenvalue weighted by Gasteiger charge is -2.36. The number of anilines is 1. The minimum atomic E-state index is -0.729. The Labute approximate surface area is 141 Å². The molecule has 1 aromatic heterocycles. The van der Waals surface area contributed by atoms with Gasteiger partial charge in [0.25, 0.3) is 0 Å². The van der Waals surface area contributed by atoms with Gasteiger partial charge in [0.15, 0.2) is 0 Å². The third kappa shape index (κ3) is 4.34. The van der Waals surface area contributed by atoms with Crippen LogP contribution in [0.5, 0.6) is 0 Å². The minimum Gasteiger partial charge on any atom is -0.388 e. The molecule has 0 spiro atoms. The van der Waals surface area contributed by atoms with Crippen molar-refractivity contribution in [3.8, 4) is 11.8 Å². The van der Waals surface area contributed by atoms with Crippen LogP contribution in [0.1, 0.15) is 30.5 Å². The van der Waals surface area contributed by atoms with E-state index >= 15 is 0 Å². The van der Waals surface area contributed by atoms with Gasteiger partial charge in [-0.25, -0.2) is 9.78 Å². The maximum Gasteiger partial charge on any atom is 0.319 e. The van der Waals surface area contributed by atoms with Gasteiger partial charge in [-0.2, -0.15) is 0 Å². The second-order valence-corrected chi connectivity index (χ2v) is 5.93. The first kappa shape index (κ1) is 16.0. The van der Waals surface area contributed by atoms with Crippen LogP contribution in [-0.4, -0.2) is 28.3 Å². The second-order valence-electron chi connectivity index (χ2n) is 5.93. The van der Waals surface area contributed by atoms with E-state index in [4.69, 9.17) is 0 Å². The molecule has 1 aromatic carbocycles. The molecule has 1 heterocycles. The van der Waals surface area contributed by atoms with Crippen LogP contribution in [0.2, 0.25) is 0 Å². The van der Waals surface area contributed by atoms with Crippen LogP contribution in [0.3, 0.4) is 0 Å². The van der Waals surface area contributed by atoms with Gasteiger partial charge in [-0.05, 0) is 55.5 Å². The maximum absolute atomic E-state index is 11.9. The second kappa shape index (κ2) is 7.16. The van der Waals surface area contributed by atoms with Crippen LogP contribution in [0, 0.1) is 11.8 Å². The van der Waals surface area contributed by atoms with Gasteiger partial charge in [-0.3, -0.25) is 0 Å². The SMILES string of the molecule is O=C(NCC1(O)CCC1)Nc1cccc(C#Cc2ccccn2)c1. The third-order valence-electron chi connectivity index (χ3n) is 3.98. The predicted octanol–water partition coefficient (Wildman–Crippen LogP) is 2.52. The fourth-order valence-corrected chi connectivity index (χ4v) is 2.43. The lowest BCUT2D eigenvalue weighted by molar-refractivity contribution is -0.0287. The van der Waals surface area contributed by atoms with Crippen molar-refractivity contribution in [3.63, 3.8) is 0 Å². The number of aromatic nitrogens is 1. The fraction of sp³-hybridized carbons (Fsp3) is 0.263. The van der Waals surface area contributed by atoms with E-state index in [9.17, 15) is 9.90 Å². The van der Waals surface area contributed by atoms with Crippen LogP contribution in [-0.2, 0) is 0 Å². The summed E-state index contributed by atoms with van der Waals surface area (Å²) >= 11 is 0. The van der Waals surface area contributed by atoms with Crippen molar-refractivity contribution in [1.82, 2.24) is 10.3 Å². The molecule has 0 atom stereocenters. The monoisotopic (exact) mass is 321 g/mol. The Balaban J connectivity index is 1.59. The largest absolute Gasteiger partial charge is 0.388 e. The lowest BCUT2D eigenvalue weighted by atomic mass is 9.80. The molecule has 0 aliphatic heterocycles. The molecule has 3 rings (SSSR count). The summed E-state index contributed by atoms with van der Waals surface area (Å²) in [6.45, 7) is 0.276. The number of hydrogen-bond donors (Lipinski definition) is 3. The highest BCUT2D eigenvalue weighted by atomic mass is 16.3. The number of rotatable bonds is 3. The number of carbonyl (C=O) groups is 1. The fourth-order valence-electron chi connectivity index (χ4n) is 2.43. The van der Waals surface area contributed by atoms with Gasteiger partial charge in [0, 0.05) is 24.0 Å². The van der Waals surface area contributed by atoms with Crippen molar-refractivity contribution in [3.05, 3.63) is 59.9 Å². The molecule has 122 valence electrons. The van der Waals surface area contributed by atoms with Crippen LogP contribution < -0.4 is 10.6 Å². The van der Waals surface area contributed by atoms with Crippen LogP contribution in [0.15, 0.2) is 48.7 Å². The van der Waals surface area contributed by atoms with Crippen LogP contribution >= 0.6 is 0 Å². The molecule has 0 radical (unpaired) electrons. The maximum atomic E-state index is 11.9. The summed E-state index contributed by atoms with van der Waals surface area (Å²) < 4.78 is 0. The first-order valence-electron chi connectivity index (χ1n) is 7.93. The van der Waals surface area contributed by atoms with Crippen LogP contribution in [0.25, 0.3) is 0 Å². The average Bonchev–Trinajstić information content (AvgIpc) is 2.58. The number of urea groups is 1. The molecule has 0 saturated heterocycles.